The van der Waals surface area contributed by atoms with E-state index in [-0.39, 0.29) is 41.4 Å². The molecule has 0 spiro atoms. The highest BCUT2D eigenvalue weighted by Gasteiger charge is 2.20. The van der Waals surface area contributed by atoms with Crippen LogP contribution in [0.3, 0.4) is 0 Å². The maximum atomic E-state index is 12.9. The number of ether oxygens (including phenoxy) is 6. The van der Waals surface area contributed by atoms with Gasteiger partial charge >= 0.3 is 23.9 Å². The zero-order valence-corrected chi connectivity index (χ0v) is 22.0. The van der Waals surface area contributed by atoms with Crippen molar-refractivity contribution in [3.8, 4) is 23.0 Å². The fourth-order valence-corrected chi connectivity index (χ4v) is 3.28. The molecule has 0 amide bonds. The minimum atomic E-state index is -0.803. The lowest BCUT2D eigenvalue weighted by molar-refractivity contribution is -0.137. The first-order valence-electron chi connectivity index (χ1n) is 12.2. The van der Waals surface area contributed by atoms with Gasteiger partial charge < -0.3 is 28.4 Å². The van der Waals surface area contributed by atoms with Gasteiger partial charge in [-0.15, -0.1) is 0 Å². The quantitative estimate of drug-likeness (QED) is 0.127. The second-order valence-electron chi connectivity index (χ2n) is 8.11. The predicted octanol–water partition coefficient (Wildman–Crippen LogP) is 4.81. The second-order valence-corrected chi connectivity index (χ2v) is 8.11. The number of rotatable bonds is 13. The van der Waals surface area contributed by atoms with Crippen LogP contribution in [0.2, 0.25) is 0 Å². The van der Waals surface area contributed by atoms with Gasteiger partial charge in [0.1, 0.15) is 28.6 Å². The van der Waals surface area contributed by atoms with E-state index < -0.39 is 23.9 Å². The number of unbranched alkanes of at least 4 members (excludes halogenated alkanes) is 1. The van der Waals surface area contributed by atoms with Crippen molar-refractivity contribution in [1.29, 1.82) is 0 Å². The summed E-state index contributed by atoms with van der Waals surface area (Å²) in [5.41, 5.74) is 0.362. The average molecular weight is 549 g/mol. The summed E-state index contributed by atoms with van der Waals surface area (Å²) in [5.74, 6) is -1.65. The maximum Gasteiger partial charge on any atom is 0.343 e. The van der Waals surface area contributed by atoms with Crippen molar-refractivity contribution in [2.75, 3.05) is 27.4 Å². The molecule has 0 N–H and O–H groups in total. The summed E-state index contributed by atoms with van der Waals surface area (Å²) < 4.78 is 31.3. The van der Waals surface area contributed by atoms with Crippen LogP contribution in [0.4, 0.5) is 0 Å². The predicted molar refractivity (Wildman–Crippen MR) is 143 cm³/mol. The van der Waals surface area contributed by atoms with Crippen LogP contribution < -0.4 is 18.9 Å². The second kappa shape index (κ2) is 14.7. The molecule has 0 aromatic heterocycles. The van der Waals surface area contributed by atoms with Gasteiger partial charge in [0.15, 0.2) is 0 Å². The molecule has 0 aliphatic carbocycles. The van der Waals surface area contributed by atoms with E-state index in [0.29, 0.717) is 24.3 Å². The Kier molecular flexibility index (Phi) is 10.8. The van der Waals surface area contributed by atoms with E-state index in [1.807, 2.05) is 0 Å². The molecule has 3 aromatic rings. The molecule has 0 fully saturated rings. The van der Waals surface area contributed by atoms with Crippen LogP contribution in [0.5, 0.6) is 23.0 Å². The minimum Gasteiger partial charge on any atom is -0.497 e. The first-order valence-corrected chi connectivity index (χ1v) is 12.2. The monoisotopic (exact) mass is 548 g/mol. The van der Waals surface area contributed by atoms with Gasteiger partial charge in [0.2, 0.25) is 0 Å². The Morgan fingerprint density at radius 2 is 1.15 bits per heavy atom. The van der Waals surface area contributed by atoms with E-state index in [2.05, 4.69) is 6.58 Å². The van der Waals surface area contributed by atoms with E-state index >= 15 is 0 Å². The molecule has 3 rings (SSSR count). The standard InChI is InChI=1S/C30H28O10/c1-4-27(31)37-17-5-6-18-38-30(34)25-19-24(39-28(32)20-7-11-22(35-2)12-8-20)15-16-26(25)40-29(33)21-9-13-23(36-3)14-10-21/h4,7-16,19H,1,5-6,17-18H2,2-3H3. The number of hydrogen-bond acceptors (Lipinski definition) is 10. The molecule has 3 aromatic carbocycles. The van der Waals surface area contributed by atoms with Crippen LogP contribution in [0.15, 0.2) is 79.4 Å². The van der Waals surface area contributed by atoms with Gasteiger partial charge in [0, 0.05) is 6.08 Å². The molecule has 10 nitrogen and oxygen atoms in total. The Bertz CT molecular complexity index is 1340. The highest BCUT2D eigenvalue weighted by molar-refractivity contribution is 5.97. The molecule has 0 radical (unpaired) electrons. The van der Waals surface area contributed by atoms with Gasteiger partial charge in [0.05, 0.1) is 38.6 Å². The Morgan fingerprint density at radius 1 is 0.650 bits per heavy atom. The van der Waals surface area contributed by atoms with Crippen molar-refractivity contribution in [1.82, 2.24) is 0 Å². The molecule has 0 atom stereocenters. The lowest BCUT2D eigenvalue weighted by atomic mass is 10.1. The van der Waals surface area contributed by atoms with Gasteiger partial charge in [-0.05, 0) is 79.6 Å². The Labute approximate surface area is 231 Å². The van der Waals surface area contributed by atoms with Crippen LogP contribution in [-0.4, -0.2) is 51.3 Å². The van der Waals surface area contributed by atoms with Crippen LogP contribution in [-0.2, 0) is 14.3 Å². The summed E-state index contributed by atoms with van der Waals surface area (Å²) in [4.78, 5) is 49.4. The van der Waals surface area contributed by atoms with Crippen LogP contribution >= 0.6 is 0 Å². The van der Waals surface area contributed by atoms with Crippen molar-refractivity contribution < 1.29 is 47.6 Å². The van der Waals surface area contributed by atoms with Gasteiger partial charge in [-0.25, -0.2) is 19.2 Å². The van der Waals surface area contributed by atoms with E-state index in [1.165, 1.54) is 56.7 Å². The number of benzene rings is 3. The van der Waals surface area contributed by atoms with Gasteiger partial charge in [-0.1, -0.05) is 6.58 Å². The molecule has 0 heterocycles. The molecule has 0 unspecified atom stereocenters. The molecule has 0 aliphatic rings. The van der Waals surface area contributed by atoms with Crippen molar-refractivity contribution in [3.63, 3.8) is 0 Å². The fourth-order valence-electron chi connectivity index (χ4n) is 3.28. The van der Waals surface area contributed by atoms with E-state index in [4.69, 9.17) is 28.4 Å². The van der Waals surface area contributed by atoms with Gasteiger partial charge in [-0.2, -0.15) is 0 Å². The lowest BCUT2D eigenvalue weighted by Crippen LogP contribution is -2.15. The number of carbonyl (C=O) groups excluding carboxylic acids is 4. The highest BCUT2D eigenvalue weighted by Crippen LogP contribution is 2.27. The fraction of sp³-hybridized carbons (Fsp3) is 0.200. The van der Waals surface area contributed by atoms with E-state index in [0.717, 1.165) is 6.08 Å². The molecule has 10 heteroatoms. The number of esters is 4. The third kappa shape index (κ3) is 8.45. The summed E-state index contributed by atoms with van der Waals surface area (Å²) in [7, 11) is 3.01. The molecule has 0 bridgehead atoms. The first kappa shape index (κ1) is 29.4. The van der Waals surface area contributed by atoms with E-state index in [9.17, 15) is 19.2 Å². The zero-order valence-electron chi connectivity index (χ0n) is 22.0. The smallest absolute Gasteiger partial charge is 0.343 e. The van der Waals surface area contributed by atoms with Crippen molar-refractivity contribution >= 4 is 23.9 Å². The molecule has 0 aliphatic heterocycles. The third-order valence-electron chi connectivity index (χ3n) is 5.42. The molecular weight excluding hydrogens is 520 g/mol. The Morgan fingerprint density at radius 3 is 1.68 bits per heavy atom. The topological polar surface area (TPSA) is 124 Å². The molecule has 40 heavy (non-hydrogen) atoms. The SMILES string of the molecule is C=CC(=O)OCCCCOC(=O)c1cc(OC(=O)c2ccc(OC)cc2)ccc1OC(=O)c1ccc(OC)cc1. The zero-order chi connectivity index (χ0) is 28.9. The average Bonchev–Trinajstić information content (AvgIpc) is 2.99. The van der Waals surface area contributed by atoms with Crippen LogP contribution in [0, 0.1) is 0 Å². The summed E-state index contributed by atoms with van der Waals surface area (Å²) in [6, 6.07) is 16.5. The summed E-state index contributed by atoms with van der Waals surface area (Å²) in [6.07, 6.45) is 1.91. The van der Waals surface area contributed by atoms with Crippen molar-refractivity contribution in [3.05, 3.63) is 96.1 Å². The molecular formula is C30H28O10. The van der Waals surface area contributed by atoms with E-state index in [1.54, 1.807) is 24.3 Å². The lowest BCUT2D eigenvalue weighted by Gasteiger charge is -2.13. The number of carbonyl (C=O) groups is 4. The van der Waals surface area contributed by atoms with Crippen molar-refractivity contribution in [2.24, 2.45) is 0 Å². The van der Waals surface area contributed by atoms with Gasteiger partial charge in [0.25, 0.3) is 0 Å². The Hall–Kier alpha value is -5.12. The largest absolute Gasteiger partial charge is 0.497 e. The number of methoxy groups -OCH3 is 2. The molecule has 0 saturated carbocycles. The minimum absolute atomic E-state index is 0.00615. The third-order valence-corrected chi connectivity index (χ3v) is 5.42. The highest BCUT2D eigenvalue weighted by atomic mass is 16.6. The van der Waals surface area contributed by atoms with Crippen LogP contribution in [0.1, 0.15) is 43.9 Å². The molecule has 0 saturated heterocycles. The maximum absolute atomic E-state index is 12.9. The summed E-state index contributed by atoms with van der Waals surface area (Å²) >= 11 is 0. The van der Waals surface area contributed by atoms with Crippen LogP contribution in [0.25, 0.3) is 0 Å². The normalized spacial score (nSPS) is 10.2. The van der Waals surface area contributed by atoms with Crippen molar-refractivity contribution in [2.45, 2.75) is 12.8 Å². The summed E-state index contributed by atoms with van der Waals surface area (Å²) in [5, 5.41) is 0. The Balaban J connectivity index is 1.75. The number of hydrogen-bond donors (Lipinski definition) is 0. The molecule has 208 valence electrons. The summed E-state index contributed by atoms with van der Waals surface area (Å²) in [6.45, 7) is 3.46. The first-order chi connectivity index (χ1) is 19.3. The van der Waals surface area contributed by atoms with Gasteiger partial charge in [-0.3, -0.25) is 0 Å².